The standard InChI is InChI=1S/C19H31N3O3/c1-3-14-6-8-15(9-7-14)22(16-10-11-16)17(23)5-4-12-21-18(24)13-20(2)19(21)25/h14-16H,3-13H2,1-2H3. The van der Waals surface area contributed by atoms with E-state index < -0.39 is 0 Å². The van der Waals surface area contributed by atoms with Gasteiger partial charge in [0.2, 0.25) is 11.8 Å². The maximum Gasteiger partial charge on any atom is 0.326 e. The lowest BCUT2D eigenvalue weighted by atomic mass is 9.83. The topological polar surface area (TPSA) is 60.9 Å². The van der Waals surface area contributed by atoms with Gasteiger partial charge in [-0.25, -0.2) is 4.79 Å². The number of hydrogen-bond acceptors (Lipinski definition) is 3. The minimum Gasteiger partial charge on any atom is -0.337 e. The van der Waals surface area contributed by atoms with Crippen molar-refractivity contribution in [3.05, 3.63) is 0 Å². The van der Waals surface area contributed by atoms with Crippen molar-refractivity contribution in [3.8, 4) is 0 Å². The van der Waals surface area contributed by atoms with Gasteiger partial charge in [-0.2, -0.15) is 0 Å². The van der Waals surface area contributed by atoms with Crippen LogP contribution in [0.2, 0.25) is 0 Å². The first-order valence-corrected chi connectivity index (χ1v) is 9.87. The van der Waals surface area contributed by atoms with E-state index >= 15 is 0 Å². The molecule has 0 radical (unpaired) electrons. The third-order valence-corrected chi connectivity index (χ3v) is 6.02. The van der Waals surface area contributed by atoms with Crippen LogP contribution in [0, 0.1) is 5.92 Å². The van der Waals surface area contributed by atoms with E-state index in [9.17, 15) is 14.4 Å². The Hall–Kier alpha value is -1.59. The molecule has 2 aliphatic carbocycles. The van der Waals surface area contributed by atoms with Gasteiger partial charge in [0, 0.05) is 32.1 Å². The molecule has 25 heavy (non-hydrogen) atoms. The second kappa shape index (κ2) is 7.75. The van der Waals surface area contributed by atoms with Gasteiger partial charge in [-0.05, 0) is 50.9 Å². The van der Waals surface area contributed by atoms with E-state index in [-0.39, 0.29) is 24.4 Å². The van der Waals surface area contributed by atoms with Crippen molar-refractivity contribution < 1.29 is 14.4 Å². The summed E-state index contributed by atoms with van der Waals surface area (Å²) < 4.78 is 0. The van der Waals surface area contributed by atoms with Crippen LogP contribution in [0.5, 0.6) is 0 Å². The SMILES string of the molecule is CCC1CCC(N(C(=O)CCCN2C(=O)CN(C)C2=O)C2CC2)CC1. The maximum absolute atomic E-state index is 12.8. The van der Waals surface area contributed by atoms with Gasteiger partial charge in [0.05, 0.1) is 0 Å². The van der Waals surface area contributed by atoms with Crippen LogP contribution in [-0.4, -0.2) is 64.8 Å². The smallest absolute Gasteiger partial charge is 0.326 e. The van der Waals surface area contributed by atoms with Crippen molar-refractivity contribution in [2.45, 2.75) is 76.8 Å². The van der Waals surface area contributed by atoms with Crippen LogP contribution >= 0.6 is 0 Å². The molecule has 0 unspecified atom stereocenters. The summed E-state index contributed by atoms with van der Waals surface area (Å²) in [6.45, 7) is 2.77. The molecule has 4 amide bonds. The second-order valence-corrected chi connectivity index (χ2v) is 7.90. The van der Waals surface area contributed by atoms with Crippen molar-refractivity contribution in [1.29, 1.82) is 0 Å². The zero-order valence-corrected chi connectivity index (χ0v) is 15.6. The molecule has 0 atom stereocenters. The van der Waals surface area contributed by atoms with E-state index in [1.54, 1.807) is 7.05 Å². The number of likely N-dealkylation sites (N-methyl/N-ethyl adjacent to an activating group) is 1. The number of hydrogen-bond donors (Lipinski definition) is 0. The Morgan fingerprint density at radius 1 is 1.08 bits per heavy atom. The first kappa shape index (κ1) is 18.2. The molecule has 1 aliphatic heterocycles. The van der Waals surface area contributed by atoms with Gasteiger partial charge in [0.15, 0.2) is 0 Å². The Labute approximate surface area is 150 Å². The first-order chi connectivity index (χ1) is 12.0. The molecule has 0 spiro atoms. The number of rotatable bonds is 7. The van der Waals surface area contributed by atoms with Gasteiger partial charge in [0.25, 0.3) is 0 Å². The van der Waals surface area contributed by atoms with E-state index in [0.717, 1.165) is 31.6 Å². The van der Waals surface area contributed by atoms with E-state index in [0.29, 0.717) is 31.5 Å². The fourth-order valence-electron chi connectivity index (χ4n) is 4.30. The molecule has 1 saturated heterocycles. The average molecular weight is 349 g/mol. The lowest BCUT2D eigenvalue weighted by molar-refractivity contribution is -0.135. The van der Waals surface area contributed by atoms with Crippen molar-refractivity contribution in [2.24, 2.45) is 5.92 Å². The zero-order chi connectivity index (χ0) is 18.0. The largest absolute Gasteiger partial charge is 0.337 e. The predicted molar refractivity (Wildman–Crippen MR) is 94.9 cm³/mol. The Bertz CT molecular complexity index is 524. The first-order valence-electron chi connectivity index (χ1n) is 9.87. The van der Waals surface area contributed by atoms with Gasteiger partial charge < -0.3 is 9.80 Å². The third-order valence-electron chi connectivity index (χ3n) is 6.02. The highest BCUT2D eigenvalue weighted by Gasteiger charge is 2.38. The van der Waals surface area contributed by atoms with Crippen LogP contribution < -0.4 is 0 Å². The highest BCUT2D eigenvalue weighted by atomic mass is 16.2. The number of carbonyl (C=O) groups excluding carboxylic acids is 3. The van der Waals surface area contributed by atoms with Gasteiger partial charge in [-0.15, -0.1) is 0 Å². The van der Waals surface area contributed by atoms with E-state index in [1.807, 2.05) is 0 Å². The van der Waals surface area contributed by atoms with Gasteiger partial charge in [0.1, 0.15) is 6.54 Å². The van der Waals surface area contributed by atoms with E-state index in [4.69, 9.17) is 0 Å². The summed E-state index contributed by atoms with van der Waals surface area (Å²) in [5.41, 5.74) is 0. The third kappa shape index (κ3) is 4.15. The zero-order valence-electron chi connectivity index (χ0n) is 15.6. The molecule has 3 fully saturated rings. The van der Waals surface area contributed by atoms with Gasteiger partial charge >= 0.3 is 6.03 Å². The molecule has 0 aromatic rings. The Morgan fingerprint density at radius 2 is 1.68 bits per heavy atom. The van der Waals surface area contributed by atoms with Crippen LogP contribution in [0.3, 0.4) is 0 Å². The molecule has 6 heteroatoms. The van der Waals surface area contributed by atoms with Gasteiger partial charge in [-0.1, -0.05) is 13.3 Å². The summed E-state index contributed by atoms with van der Waals surface area (Å²) in [6.07, 6.45) is 9.25. The van der Waals surface area contributed by atoms with Crippen LogP contribution in [0.15, 0.2) is 0 Å². The number of nitrogens with zero attached hydrogens (tertiary/aromatic N) is 3. The van der Waals surface area contributed by atoms with E-state index in [2.05, 4.69) is 11.8 Å². The number of carbonyl (C=O) groups is 3. The van der Waals surface area contributed by atoms with Crippen LogP contribution in [0.25, 0.3) is 0 Å². The number of urea groups is 1. The number of amides is 4. The molecule has 140 valence electrons. The molecule has 3 rings (SSSR count). The Morgan fingerprint density at radius 3 is 2.16 bits per heavy atom. The molecular weight excluding hydrogens is 318 g/mol. The van der Waals surface area contributed by atoms with Crippen molar-refractivity contribution in [3.63, 3.8) is 0 Å². The molecule has 6 nitrogen and oxygen atoms in total. The summed E-state index contributed by atoms with van der Waals surface area (Å²) in [5.74, 6) is 0.892. The molecule has 2 saturated carbocycles. The fraction of sp³-hybridized carbons (Fsp3) is 0.842. The quantitative estimate of drug-likeness (QED) is 0.664. The van der Waals surface area contributed by atoms with Crippen molar-refractivity contribution >= 4 is 17.8 Å². The van der Waals surface area contributed by atoms with Crippen LogP contribution in [0.1, 0.15) is 64.7 Å². The lowest BCUT2D eigenvalue weighted by Gasteiger charge is -2.37. The highest BCUT2D eigenvalue weighted by Crippen LogP contribution is 2.36. The fourth-order valence-corrected chi connectivity index (χ4v) is 4.30. The van der Waals surface area contributed by atoms with Crippen molar-refractivity contribution in [1.82, 2.24) is 14.7 Å². The number of imide groups is 1. The van der Waals surface area contributed by atoms with Crippen LogP contribution in [-0.2, 0) is 9.59 Å². The molecule has 0 bridgehead atoms. The summed E-state index contributed by atoms with van der Waals surface area (Å²) in [7, 11) is 1.63. The molecule has 3 aliphatic rings. The lowest BCUT2D eigenvalue weighted by Crippen LogP contribution is -2.44. The predicted octanol–water partition coefficient (Wildman–Crippen LogP) is 2.62. The molecule has 0 aromatic heterocycles. The maximum atomic E-state index is 12.8. The summed E-state index contributed by atoms with van der Waals surface area (Å²) >= 11 is 0. The average Bonchev–Trinajstić information content (AvgIpc) is 3.39. The minimum absolute atomic E-state index is 0.154. The summed E-state index contributed by atoms with van der Waals surface area (Å²) in [4.78, 5) is 41.3. The Kier molecular flexibility index (Phi) is 5.64. The normalized spacial score (nSPS) is 27.1. The van der Waals surface area contributed by atoms with Crippen molar-refractivity contribution in [2.75, 3.05) is 20.1 Å². The van der Waals surface area contributed by atoms with Gasteiger partial charge in [-0.3, -0.25) is 14.5 Å². The highest BCUT2D eigenvalue weighted by molar-refractivity contribution is 6.01. The monoisotopic (exact) mass is 349 g/mol. The molecular formula is C19H31N3O3. The summed E-state index contributed by atoms with van der Waals surface area (Å²) in [5, 5.41) is 0. The molecule has 0 N–H and O–H groups in total. The minimum atomic E-state index is -0.241. The second-order valence-electron chi connectivity index (χ2n) is 7.90. The summed E-state index contributed by atoms with van der Waals surface area (Å²) in [6, 6.07) is 0.607. The molecule has 1 heterocycles. The van der Waals surface area contributed by atoms with Crippen LogP contribution in [0.4, 0.5) is 4.79 Å². The Balaban J connectivity index is 1.49. The van der Waals surface area contributed by atoms with E-state index in [1.165, 1.54) is 29.1 Å². The molecule has 0 aromatic carbocycles.